The predicted octanol–water partition coefficient (Wildman–Crippen LogP) is 0.955. The summed E-state index contributed by atoms with van der Waals surface area (Å²) >= 11 is 1.51. The summed E-state index contributed by atoms with van der Waals surface area (Å²) in [5.74, 6) is 0.376. The van der Waals surface area contributed by atoms with Crippen LogP contribution in [0, 0.1) is 0 Å². The summed E-state index contributed by atoms with van der Waals surface area (Å²) in [6.07, 6.45) is 0.0193. The van der Waals surface area contributed by atoms with Crippen LogP contribution < -0.4 is 11.5 Å². The van der Waals surface area contributed by atoms with Crippen molar-refractivity contribution in [1.29, 1.82) is 0 Å². The molecule has 0 atom stereocenters. The minimum atomic E-state index is -0.846. The zero-order valence-corrected chi connectivity index (χ0v) is 11.3. The van der Waals surface area contributed by atoms with Gasteiger partial charge in [0.15, 0.2) is 0 Å². The molecule has 104 valence electrons. The van der Waals surface area contributed by atoms with Crippen LogP contribution in [-0.4, -0.2) is 26.0 Å². The lowest BCUT2D eigenvalue weighted by molar-refractivity contribution is -0.136. The van der Waals surface area contributed by atoms with Crippen molar-refractivity contribution in [1.82, 2.24) is 15.0 Å². The third kappa shape index (κ3) is 4.09. The van der Waals surface area contributed by atoms with Crippen molar-refractivity contribution in [2.24, 2.45) is 0 Å². The maximum atomic E-state index is 10.6. The molecule has 0 spiro atoms. The number of benzene rings is 1. The standard InChI is InChI=1S/C12H13N5O2S/c13-11-15-9(16-12(14)17-11)6-20-8-3-1-7(2-4-8)5-10(18)19/h1-4H,5-6H2,(H,18,19)(H4,13,14,15,16,17). The molecule has 2 aromatic rings. The van der Waals surface area contributed by atoms with E-state index in [2.05, 4.69) is 15.0 Å². The number of carbonyl (C=O) groups is 1. The van der Waals surface area contributed by atoms with Gasteiger partial charge in [0, 0.05) is 4.90 Å². The van der Waals surface area contributed by atoms with Gasteiger partial charge in [-0.05, 0) is 17.7 Å². The van der Waals surface area contributed by atoms with E-state index in [1.165, 1.54) is 11.8 Å². The van der Waals surface area contributed by atoms with Crippen LogP contribution in [0.5, 0.6) is 0 Å². The molecule has 1 heterocycles. The summed E-state index contributed by atoms with van der Waals surface area (Å²) in [6.45, 7) is 0. The topological polar surface area (TPSA) is 128 Å². The summed E-state index contributed by atoms with van der Waals surface area (Å²) in [5.41, 5.74) is 11.7. The average molecular weight is 291 g/mol. The highest BCUT2D eigenvalue weighted by Crippen LogP contribution is 2.22. The van der Waals surface area contributed by atoms with Gasteiger partial charge in [-0.25, -0.2) is 0 Å². The lowest BCUT2D eigenvalue weighted by Crippen LogP contribution is -2.05. The highest BCUT2D eigenvalue weighted by atomic mass is 32.2. The van der Waals surface area contributed by atoms with Crippen LogP contribution in [0.2, 0.25) is 0 Å². The van der Waals surface area contributed by atoms with Crippen molar-refractivity contribution < 1.29 is 9.90 Å². The fourth-order valence-corrected chi connectivity index (χ4v) is 2.30. The molecule has 0 saturated carbocycles. The molecule has 0 amide bonds. The number of nitrogen functional groups attached to an aromatic ring is 2. The van der Waals surface area contributed by atoms with Gasteiger partial charge in [-0.1, -0.05) is 12.1 Å². The zero-order chi connectivity index (χ0) is 14.5. The number of carboxylic acid groups (broad SMARTS) is 1. The van der Waals surface area contributed by atoms with Gasteiger partial charge >= 0.3 is 5.97 Å². The molecule has 1 aromatic heterocycles. The van der Waals surface area contributed by atoms with Crippen LogP contribution >= 0.6 is 11.8 Å². The largest absolute Gasteiger partial charge is 0.481 e. The predicted molar refractivity (Wildman–Crippen MR) is 76.0 cm³/mol. The number of rotatable bonds is 5. The van der Waals surface area contributed by atoms with E-state index in [-0.39, 0.29) is 18.3 Å². The molecule has 0 aliphatic rings. The van der Waals surface area contributed by atoms with Crippen molar-refractivity contribution in [2.45, 2.75) is 17.1 Å². The third-order valence-corrected chi connectivity index (χ3v) is 3.37. The monoisotopic (exact) mass is 291 g/mol. The fourth-order valence-electron chi connectivity index (χ4n) is 1.55. The number of thioether (sulfide) groups is 1. The van der Waals surface area contributed by atoms with Gasteiger partial charge in [0.25, 0.3) is 0 Å². The second kappa shape index (κ2) is 6.20. The van der Waals surface area contributed by atoms with Crippen molar-refractivity contribution in [3.63, 3.8) is 0 Å². The molecule has 0 radical (unpaired) electrons. The van der Waals surface area contributed by atoms with Crippen LogP contribution in [0.4, 0.5) is 11.9 Å². The van der Waals surface area contributed by atoms with Gasteiger partial charge in [-0.2, -0.15) is 15.0 Å². The molecule has 2 rings (SSSR count). The SMILES string of the molecule is Nc1nc(N)nc(CSc2ccc(CC(=O)O)cc2)n1. The molecule has 0 unspecified atom stereocenters. The summed E-state index contributed by atoms with van der Waals surface area (Å²) in [5, 5.41) is 8.69. The van der Waals surface area contributed by atoms with Crippen LogP contribution in [0.15, 0.2) is 29.2 Å². The zero-order valence-electron chi connectivity index (χ0n) is 10.5. The average Bonchev–Trinajstić information content (AvgIpc) is 2.36. The lowest BCUT2D eigenvalue weighted by atomic mass is 10.2. The van der Waals surface area contributed by atoms with Gasteiger partial charge in [-0.15, -0.1) is 11.8 Å². The van der Waals surface area contributed by atoms with E-state index in [9.17, 15) is 4.79 Å². The van der Waals surface area contributed by atoms with Crippen molar-refractivity contribution in [2.75, 3.05) is 11.5 Å². The molecule has 0 aliphatic heterocycles. The van der Waals surface area contributed by atoms with Gasteiger partial charge in [0.1, 0.15) is 5.82 Å². The Morgan fingerprint density at radius 3 is 2.25 bits per heavy atom. The molecule has 0 fully saturated rings. The molecule has 20 heavy (non-hydrogen) atoms. The highest BCUT2D eigenvalue weighted by Gasteiger charge is 2.04. The summed E-state index contributed by atoms with van der Waals surface area (Å²) < 4.78 is 0. The number of nitrogens with two attached hydrogens (primary N) is 2. The number of anilines is 2. The minimum absolute atomic E-state index is 0.0193. The first-order valence-electron chi connectivity index (χ1n) is 5.72. The number of hydrogen-bond acceptors (Lipinski definition) is 7. The summed E-state index contributed by atoms with van der Waals surface area (Å²) in [6, 6.07) is 7.28. The first-order chi connectivity index (χ1) is 9.52. The van der Waals surface area contributed by atoms with Crippen molar-refractivity contribution in [3.05, 3.63) is 35.7 Å². The second-order valence-corrected chi connectivity index (χ2v) is 5.02. The van der Waals surface area contributed by atoms with Crippen LogP contribution in [0.25, 0.3) is 0 Å². The van der Waals surface area contributed by atoms with Gasteiger partial charge in [0.2, 0.25) is 11.9 Å². The van der Waals surface area contributed by atoms with E-state index >= 15 is 0 Å². The first-order valence-corrected chi connectivity index (χ1v) is 6.71. The fraction of sp³-hybridized carbons (Fsp3) is 0.167. The Morgan fingerprint density at radius 1 is 1.10 bits per heavy atom. The number of hydrogen-bond donors (Lipinski definition) is 3. The number of aromatic nitrogens is 3. The van der Waals surface area contributed by atoms with Gasteiger partial charge in [-0.3, -0.25) is 4.79 Å². The molecule has 0 aliphatic carbocycles. The van der Waals surface area contributed by atoms with E-state index < -0.39 is 5.97 Å². The van der Waals surface area contributed by atoms with Crippen molar-refractivity contribution >= 4 is 29.6 Å². The molecule has 0 saturated heterocycles. The van der Waals surface area contributed by atoms with Gasteiger partial charge in [0.05, 0.1) is 12.2 Å². The molecular formula is C12H13N5O2S. The molecule has 8 heteroatoms. The normalized spacial score (nSPS) is 10.4. The van der Waals surface area contributed by atoms with Crippen LogP contribution in [0.3, 0.4) is 0 Å². The Morgan fingerprint density at radius 2 is 1.70 bits per heavy atom. The van der Waals surface area contributed by atoms with Crippen LogP contribution in [-0.2, 0) is 17.0 Å². The highest BCUT2D eigenvalue weighted by molar-refractivity contribution is 7.98. The quantitative estimate of drug-likeness (QED) is 0.695. The molecule has 1 aromatic carbocycles. The molecule has 7 nitrogen and oxygen atoms in total. The second-order valence-electron chi connectivity index (χ2n) is 3.97. The van der Waals surface area contributed by atoms with Gasteiger partial charge < -0.3 is 16.6 Å². The Balaban J connectivity index is 1.98. The minimum Gasteiger partial charge on any atom is -0.481 e. The third-order valence-electron chi connectivity index (χ3n) is 2.36. The lowest BCUT2D eigenvalue weighted by Gasteiger charge is -2.03. The molecule has 0 bridgehead atoms. The van der Waals surface area contributed by atoms with E-state index in [1.807, 2.05) is 12.1 Å². The Bertz CT molecular complexity index is 597. The summed E-state index contributed by atoms with van der Waals surface area (Å²) in [4.78, 5) is 23.2. The van der Waals surface area contributed by atoms with Crippen molar-refractivity contribution in [3.8, 4) is 0 Å². The molecule has 5 N–H and O–H groups in total. The summed E-state index contributed by atoms with van der Waals surface area (Å²) in [7, 11) is 0. The van der Waals surface area contributed by atoms with E-state index in [1.54, 1.807) is 12.1 Å². The maximum absolute atomic E-state index is 10.6. The Kier molecular flexibility index (Phi) is 4.36. The van der Waals surface area contributed by atoms with E-state index in [4.69, 9.17) is 16.6 Å². The maximum Gasteiger partial charge on any atom is 0.307 e. The van der Waals surface area contributed by atoms with E-state index in [0.29, 0.717) is 11.6 Å². The number of carboxylic acids is 1. The Labute approximate surface area is 119 Å². The van der Waals surface area contributed by atoms with Crippen LogP contribution in [0.1, 0.15) is 11.4 Å². The number of nitrogens with zero attached hydrogens (tertiary/aromatic N) is 3. The Hall–Kier alpha value is -2.35. The van der Waals surface area contributed by atoms with E-state index in [0.717, 1.165) is 10.5 Å². The smallest absolute Gasteiger partial charge is 0.307 e. The number of aliphatic carboxylic acids is 1. The molecular weight excluding hydrogens is 278 g/mol. The first kappa shape index (κ1) is 14.1.